The normalized spacial score (nSPS) is 19.4. The molecule has 2 aromatic carbocycles. The molecule has 1 atom stereocenters. The highest BCUT2D eigenvalue weighted by Gasteiger charge is 2.36. The van der Waals surface area contributed by atoms with Gasteiger partial charge in [-0.15, -0.1) is 0 Å². The van der Waals surface area contributed by atoms with E-state index < -0.39 is 11.5 Å². The average molecular weight is 498 g/mol. The molecule has 37 heavy (non-hydrogen) atoms. The Balaban J connectivity index is 1.44. The van der Waals surface area contributed by atoms with Gasteiger partial charge in [-0.1, -0.05) is 61.9 Å². The number of amides is 1. The van der Waals surface area contributed by atoms with Gasteiger partial charge in [-0.05, 0) is 67.1 Å². The van der Waals surface area contributed by atoms with E-state index in [1.54, 1.807) is 9.47 Å². The van der Waals surface area contributed by atoms with Crippen LogP contribution in [0.2, 0.25) is 0 Å². The number of nitrogens with zero attached hydrogens (tertiary/aromatic N) is 3. The van der Waals surface area contributed by atoms with Gasteiger partial charge in [-0.3, -0.25) is 14.2 Å². The Bertz CT molecular complexity index is 1340. The van der Waals surface area contributed by atoms with E-state index in [-0.39, 0.29) is 17.4 Å². The van der Waals surface area contributed by atoms with Crippen LogP contribution in [0.3, 0.4) is 0 Å². The summed E-state index contributed by atoms with van der Waals surface area (Å²) in [6, 6.07) is 16.6. The Hall–Kier alpha value is -3.41. The van der Waals surface area contributed by atoms with Crippen LogP contribution in [0.1, 0.15) is 102 Å². The van der Waals surface area contributed by atoms with Gasteiger partial charge < -0.3 is 10.0 Å². The lowest BCUT2D eigenvalue weighted by atomic mass is 9.99. The molecule has 3 fully saturated rings. The fourth-order valence-corrected chi connectivity index (χ4v) is 5.86. The predicted molar refractivity (Wildman–Crippen MR) is 144 cm³/mol. The third-order valence-electron chi connectivity index (χ3n) is 8.21. The van der Waals surface area contributed by atoms with Crippen molar-refractivity contribution in [2.45, 2.75) is 76.0 Å². The van der Waals surface area contributed by atoms with E-state index in [4.69, 9.17) is 0 Å². The minimum Gasteiger partial charge on any atom is -0.493 e. The number of hydrogen-bond acceptors (Lipinski definition) is 4. The van der Waals surface area contributed by atoms with Gasteiger partial charge in [0.1, 0.15) is 5.82 Å². The number of carbonyl (C=O) groups excluding carboxylic acids is 1. The van der Waals surface area contributed by atoms with Crippen molar-refractivity contribution >= 4 is 5.91 Å². The van der Waals surface area contributed by atoms with E-state index in [9.17, 15) is 14.7 Å². The van der Waals surface area contributed by atoms with E-state index >= 15 is 0 Å². The first-order valence-electron chi connectivity index (χ1n) is 13.9. The summed E-state index contributed by atoms with van der Waals surface area (Å²) in [5.41, 5.74) is 3.74. The van der Waals surface area contributed by atoms with Crippen molar-refractivity contribution < 1.29 is 9.90 Å². The number of carbonyl (C=O) groups is 1. The molecule has 0 bridgehead atoms. The summed E-state index contributed by atoms with van der Waals surface area (Å²) in [5.74, 6) is 1.03. The molecular weight excluding hydrogens is 462 g/mol. The fraction of sp³-hybridized carbons (Fsp3) is 0.452. The Morgan fingerprint density at radius 3 is 2.24 bits per heavy atom. The molecule has 2 heterocycles. The second-order valence-corrected chi connectivity index (χ2v) is 11.0. The fourth-order valence-electron chi connectivity index (χ4n) is 5.86. The summed E-state index contributed by atoms with van der Waals surface area (Å²) >= 11 is 0. The molecule has 2 aliphatic carbocycles. The van der Waals surface area contributed by atoms with Gasteiger partial charge in [0.25, 0.3) is 11.5 Å². The van der Waals surface area contributed by atoms with Crippen molar-refractivity contribution in [2.75, 3.05) is 13.1 Å². The molecule has 3 aromatic rings. The van der Waals surface area contributed by atoms with E-state index in [2.05, 4.69) is 42.2 Å². The Morgan fingerprint density at radius 2 is 1.62 bits per heavy atom. The number of likely N-dealkylation sites (tertiary alicyclic amines) is 1. The number of aromatic hydroxyl groups is 1. The van der Waals surface area contributed by atoms with Crippen molar-refractivity contribution in [2.24, 2.45) is 0 Å². The monoisotopic (exact) mass is 497 g/mol. The van der Waals surface area contributed by atoms with Gasteiger partial charge in [0, 0.05) is 25.4 Å². The molecule has 3 aliphatic rings. The Kier molecular flexibility index (Phi) is 6.35. The smallest absolute Gasteiger partial charge is 0.289 e. The van der Waals surface area contributed by atoms with Crippen LogP contribution < -0.4 is 5.56 Å². The second kappa shape index (κ2) is 9.81. The summed E-state index contributed by atoms with van der Waals surface area (Å²) in [6.07, 6.45) is 7.72. The quantitative estimate of drug-likeness (QED) is 0.435. The number of hydrogen-bond donors (Lipinski definition) is 1. The van der Waals surface area contributed by atoms with Gasteiger partial charge in [-0.25, -0.2) is 0 Å². The molecule has 6 rings (SSSR count). The molecule has 1 N–H and O–H groups in total. The van der Waals surface area contributed by atoms with Crippen LogP contribution in [0.15, 0.2) is 53.3 Å². The minimum atomic E-state index is -0.620. The second-order valence-electron chi connectivity index (χ2n) is 11.0. The molecule has 1 unspecified atom stereocenters. The van der Waals surface area contributed by atoms with Gasteiger partial charge in [0.05, 0.1) is 5.69 Å². The number of aromatic nitrogens is 2. The first-order chi connectivity index (χ1) is 18.1. The SMILES string of the molecule is CCCCc1nc(=O)c(C(=O)N2CCC(c3ccccc3)C2)c(O)n1-c1c(C2CC2)cccc1C1CC1. The molecule has 0 radical (unpaired) electrons. The van der Waals surface area contributed by atoms with Gasteiger partial charge in [-0.2, -0.15) is 4.98 Å². The molecule has 6 nitrogen and oxygen atoms in total. The lowest BCUT2D eigenvalue weighted by Crippen LogP contribution is -2.35. The summed E-state index contributed by atoms with van der Waals surface area (Å²) in [4.78, 5) is 33.2. The highest BCUT2D eigenvalue weighted by Crippen LogP contribution is 2.49. The van der Waals surface area contributed by atoms with Crippen molar-refractivity contribution in [3.63, 3.8) is 0 Å². The average Bonchev–Trinajstić information content (AvgIpc) is 3.85. The van der Waals surface area contributed by atoms with E-state index in [1.165, 1.54) is 16.7 Å². The molecule has 192 valence electrons. The number of para-hydroxylation sites is 1. The van der Waals surface area contributed by atoms with Crippen molar-refractivity contribution in [3.05, 3.63) is 87.0 Å². The molecule has 1 aromatic heterocycles. The maximum atomic E-state index is 13.7. The topological polar surface area (TPSA) is 75.4 Å². The van der Waals surface area contributed by atoms with Gasteiger partial charge in [0.15, 0.2) is 5.56 Å². The zero-order chi connectivity index (χ0) is 25.5. The maximum absolute atomic E-state index is 13.7. The lowest BCUT2D eigenvalue weighted by Gasteiger charge is -2.24. The minimum absolute atomic E-state index is 0.193. The first kappa shape index (κ1) is 24.0. The van der Waals surface area contributed by atoms with Gasteiger partial charge >= 0.3 is 0 Å². The largest absolute Gasteiger partial charge is 0.493 e. The summed E-state index contributed by atoms with van der Waals surface area (Å²) < 4.78 is 1.77. The summed E-state index contributed by atoms with van der Waals surface area (Å²) in [6.45, 7) is 3.19. The van der Waals surface area contributed by atoms with Crippen LogP contribution in [0.25, 0.3) is 5.69 Å². The Morgan fingerprint density at radius 1 is 0.946 bits per heavy atom. The number of unbranched alkanes of at least 4 members (excludes halogenated alkanes) is 1. The molecular formula is C31H35N3O3. The number of rotatable bonds is 8. The predicted octanol–water partition coefficient (Wildman–Crippen LogP) is 5.67. The third kappa shape index (κ3) is 4.58. The zero-order valence-corrected chi connectivity index (χ0v) is 21.5. The van der Waals surface area contributed by atoms with Crippen LogP contribution in [0.5, 0.6) is 5.88 Å². The van der Waals surface area contributed by atoms with E-state index in [1.807, 2.05) is 18.2 Å². The standard InChI is InChI=1S/C31H35N3O3/c1-2-3-12-26-32-29(35)27(30(36)33-18-17-23(19-33)20-8-5-4-6-9-20)31(37)34(26)28-24(21-13-14-21)10-7-11-25(28)22-15-16-22/h4-11,21-23,37H,2-3,12-19H2,1H3. The maximum Gasteiger partial charge on any atom is 0.289 e. The molecule has 1 saturated heterocycles. The molecule has 6 heteroatoms. The summed E-state index contributed by atoms with van der Waals surface area (Å²) in [7, 11) is 0. The lowest BCUT2D eigenvalue weighted by molar-refractivity contribution is 0.0784. The Labute approximate surface area is 218 Å². The summed E-state index contributed by atoms with van der Waals surface area (Å²) in [5, 5.41) is 11.7. The first-order valence-corrected chi connectivity index (χ1v) is 13.9. The van der Waals surface area contributed by atoms with Crippen molar-refractivity contribution in [3.8, 4) is 11.6 Å². The van der Waals surface area contributed by atoms with Crippen LogP contribution in [-0.4, -0.2) is 38.6 Å². The molecule has 1 aliphatic heterocycles. The molecule has 2 saturated carbocycles. The van der Waals surface area contributed by atoms with E-state index in [0.29, 0.717) is 37.2 Å². The van der Waals surface area contributed by atoms with Gasteiger partial charge in [0.2, 0.25) is 5.88 Å². The zero-order valence-electron chi connectivity index (χ0n) is 21.5. The molecule has 0 spiro atoms. The van der Waals surface area contributed by atoms with Crippen LogP contribution in [0.4, 0.5) is 0 Å². The number of aryl methyl sites for hydroxylation is 1. The van der Waals surface area contributed by atoms with E-state index in [0.717, 1.165) is 50.6 Å². The van der Waals surface area contributed by atoms with Crippen molar-refractivity contribution in [1.29, 1.82) is 0 Å². The highest BCUT2D eigenvalue weighted by molar-refractivity contribution is 5.96. The van der Waals surface area contributed by atoms with Crippen LogP contribution >= 0.6 is 0 Å². The van der Waals surface area contributed by atoms with Crippen LogP contribution in [0, 0.1) is 0 Å². The van der Waals surface area contributed by atoms with Crippen molar-refractivity contribution in [1.82, 2.24) is 14.5 Å². The molecule has 1 amide bonds. The number of benzene rings is 2. The van der Waals surface area contributed by atoms with Crippen LogP contribution in [-0.2, 0) is 6.42 Å². The third-order valence-corrected chi connectivity index (χ3v) is 8.21. The highest BCUT2D eigenvalue weighted by atomic mass is 16.3.